The number of imidazole rings is 1. The van der Waals surface area contributed by atoms with Crippen LogP contribution in [0, 0.1) is 0 Å². The van der Waals surface area contributed by atoms with Gasteiger partial charge in [-0.1, -0.05) is 18.2 Å². The van der Waals surface area contributed by atoms with Crippen LogP contribution in [0.3, 0.4) is 0 Å². The number of rotatable bonds is 2. The zero-order valence-corrected chi connectivity index (χ0v) is 11.2. The van der Waals surface area contributed by atoms with Crippen molar-refractivity contribution in [1.82, 2.24) is 19.9 Å². The Morgan fingerprint density at radius 1 is 1.20 bits per heavy atom. The Balaban J connectivity index is 1.80. The van der Waals surface area contributed by atoms with Crippen LogP contribution in [0.15, 0.2) is 49.1 Å². The molecule has 0 unspecified atom stereocenters. The first-order chi connectivity index (χ1) is 9.92. The zero-order chi connectivity index (χ0) is 13.4. The highest BCUT2D eigenvalue weighted by Crippen LogP contribution is 2.25. The van der Waals surface area contributed by atoms with Gasteiger partial charge >= 0.3 is 0 Å². The van der Waals surface area contributed by atoms with E-state index < -0.39 is 0 Å². The van der Waals surface area contributed by atoms with Gasteiger partial charge in [0.15, 0.2) is 0 Å². The minimum absolute atomic E-state index is 0.406. The Labute approximate surface area is 117 Å². The molecular weight excluding hydrogens is 248 g/mol. The number of nitrogens with one attached hydrogen (secondary N) is 1. The Hall–Kier alpha value is -2.20. The van der Waals surface area contributed by atoms with Gasteiger partial charge in [0.1, 0.15) is 0 Å². The third kappa shape index (κ3) is 1.89. The van der Waals surface area contributed by atoms with Crippen molar-refractivity contribution in [3.8, 4) is 5.69 Å². The number of nitrogens with zero attached hydrogens (tertiary/aromatic N) is 3. The van der Waals surface area contributed by atoms with Crippen LogP contribution in [0.25, 0.3) is 16.6 Å². The summed E-state index contributed by atoms with van der Waals surface area (Å²) >= 11 is 0. The molecule has 20 heavy (non-hydrogen) atoms. The molecule has 1 N–H and O–H groups in total. The van der Waals surface area contributed by atoms with Gasteiger partial charge in [-0.05, 0) is 31.5 Å². The molecule has 4 nitrogen and oxygen atoms in total. The van der Waals surface area contributed by atoms with Crippen molar-refractivity contribution in [2.45, 2.75) is 18.9 Å². The molecule has 0 amide bonds. The normalized spacial score (nSPS) is 18.7. The summed E-state index contributed by atoms with van der Waals surface area (Å²) in [5, 5.41) is 4.68. The fraction of sp³-hybridized carbons (Fsp3) is 0.250. The van der Waals surface area contributed by atoms with E-state index in [1.165, 1.54) is 18.5 Å². The molecule has 0 aliphatic carbocycles. The number of hydrogen-bond acceptors (Lipinski definition) is 3. The highest BCUT2D eigenvalue weighted by atomic mass is 15.1. The fourth-order valence-corrected chi connectivity index (χ4v) is 2.91. The highest BCUT2D eigenvalue weighted by Gasteiger charge is 2.20. The molecule has 100 valence electrons. The minimum Gasteiger partial charge on any atom is -0.309 e. The second-order valence-electron chi connectivity index (χ2n) is 5.22. The van der Waals surface area contributed by atoms with E-state index in [0.717, 1.165) is 23.1 Å². The van der Waals surface area contributed by atoms with E-state index in [9.17, 15) is 0 Å². The molecule has 1 fully saturated rings. The van der Waals surface area contributed by atoms with Gasteiger partial charge < -0.3 is 9.88 Å². The molecule has 2 aromatic heterocycles. The molecular formula is C16H16N4. The van der Waals surface area contributed by atoms with Gasteiger partial charge in [-0.15, -0.1) is 0 Å². The number of benzene rings is 1. The molecule has 1 aliphatic rings. The third-order valence-electron chi connectivity index (χ3n) is 3.94. The van der Waals surface area contributed by atoms with Gasteiger partial charge in [0.25, 0.3) is 0 Å². The molecule has 3 aromatic rings. The molecule has 3 heterocycles. The summed E-state index contributed by atoms with van der Waals surface area (Å²) in [6.45, 7) is 1.09. The molecule has 1 atom stereocenters. The van der Waals surface area contributed by atoms with E-state index in [1.54, 1.807) is 0 Å². The lowest BCUT2D eigenvalue weighted by atomic mass is 10.1. The Bertz CT molecular complexity index is 741. The fourth-order valence-electron chi connectivity index (χ4n) is 2.91. The lowest BCUT2D eigenvalue weighted by Gasteiger charge is -2.14. The van der Waals surface area contributed by atoms with Crippen molar-refractivity contribution in [2.24, 2.45) is 0 Å². The Kier molecular flexibility index (Phi) is 2.74. The summed E-state index contributed by atoms with van der Waals surface area (Å²) in [6.07, 6.45) is 8.15. The summed E-state index contributed by atoms with van der Waals surface area (Å²) in [7, 11) is 0. The van der Waals surface area contributed by atoms with Crippen molar-refractivity contribution in [1.29, 1.82) is 0 Å². The van der Waals surface area contributed by atoms with Gasteiger partial charge in [0, 0.05) is 11.4 Å². The summed E-state index contributed by atoms with van der Waals surface area (Å²) in [4.78, 5) is 8.85. The molecule has 1 aliphatic heterocycles. The molecule has 0 radical (unpaired) electrons. The maximum atomic E-state index is 4.54. The van der Waals surface area contributed by atoms with Crippen LogP contribution in [0.5, 0.6) is 0 Å². The van der Waals surface area contributed by atoms with E-state index in [2.05, 4.69) is 32.0 Å². The summed E-state index contributed by atoms with van der Waals surface area (Å²) in [6, 6.07) is 10.8. The van der Waals surface area contributed by atoms with Crippen molar-refractivity contribution in [2.75, 3.05) is 6.54 Å². The molecule has 1 aromatic carbocycles. The standard InChI is InChI=1S/C16H16N4/c1-2-5-14-12(4-1)8-13(9-19-14)20-11-17-10-16(20)15-6-3-7-18-15/h1-2,4-5,8-11,15,18H,3,6-7H2/t15-/m0/s1. The summed E-state index contributed by atoms with van der Waals surface area (Å²) < 4.78 is 2.14. The van der Waals surface area contributed by atoms with Crippen molar-refractivity contribution < 1.29 is 0 Å². The van der Waals surface area contributed by atoms with Gasteiger partial charge in [-0.2, -0.15) is 0 Å². The van der Waals surface area contributed by atoms with Crippen LogP contribution in [-0.2, 0) is 0 Å². The number of fused-ring (bicyclic) bond motifs is 1. The number of aromatic nitrogens is 3. The molecule has 0 saturated carbocycles. The smallest absolute Gasteiger partial charge is 0.0995 e. The minimum atomic E-state index is 0.406. The maximum absolute atomic E-state index is 4.54. The van der Waals surface area contributed by atoms with Crippen LogP contribution >= 0.6 is 0 Å². The maximum Gasteiger partial charge on any atom is 0.0995 e. The zero-order valence-electron chi connectivity index (χ0n) is 11.2. The van der Waals surface area contributed by atoms with Crippen molar-refractivity contribution >= 4 is 10.9 Å². The number of hydrogen-bond donors (Lipinski definition) is 1. The predicted octanol–water partition coefficient (Wildman–Crippen LogP) is 2.85. The van der Waals surface area contributed by atoms with Crippen molar-refractivity contribution in [3.63, 3.8) is 0 Å². The second kappa shape index (κ2) is 4.72. The molecule has 0 spiro atoms. The van der Waals surface area contributed by atoms with Crippen molar-refractivity contribution in [3.05, 3.63) is 54.7 Å². The van der Waals surface area contributed by atoms with Crippen LogP contribution in [0.1, 0.15) is 24.6 Å². The monoisotopic (exact) mass is 264 g/mol. The number of para-hydroxylation sites is 1. The average Bonchev–Trinajstić information content (AvgIpc) is 3.17. The summed E-state index contributed by atoms with van der Waals surface area (Å²) in [5.41, 5.74) is 3.32. The van der Waals surface area contributed by atoms with Crippen LogP contribution < -0.4 is 5.32 Å². The van der Waals surface area contributed by atoms with Gasteiger partial charge in [0.05, 0.1) is 35.6 Å². The Morgan fingerprint density at radius 2 is 2.15 bits per heavy atom. The average molecular weight is 264 g/mol. The SMILES string of the molecule is c1ccc2ncc(-n3cncc3[C@@H]3CCCN3)cc2c1. The van der Waals surface area contributed by atoms with E-state index in [0.29, 0.717) is 6.04 Å². The first-order valence-electron chi connectivity index (χ1n) is 7.02. The predicted molar refractivity (Wildman–Crippen MR) is 78.8 cm³/mol. The van der Waals surface area contributed by atoms with Gasteiger partial charge in [0.2, 0.25) is 0 Å². The van der Waals surface area contributed by atoms with Gasteiger partial charge in [-0.25, -0.2) is 4.98 Å². The second-order valence-corrected chi connectivity index (χ2v) is 5.22. The highest BCUT2D eigenvalue weighted by molar-refractivity contribution is 5.80. The van der Waals surface area contributed by atoms with Crippen LogP contribution in [0.4, 0.5) is 0 Å². The van der Waals surface area contributed by atoms with Crippen LogP contribution in [-0.4, -0.2) is 21.1 Å². The van der Waals surface area contributed by atoms with E-state index in [4.69, 9.17) is 0 Å². The third-order valence-corrected chi connectivity index (χ3v) is 3.94. The molecule has 4 heteroatoms. The quantitative estimate of drug-likeness (QED) is 0.774. The van der Waals surface area contributed by atoms with E-state index in [1.807, 2.05) is 36.9 Å². The molecule has 1 saturated heterocycles. The lowest BCUT2D eigenvalue weighted by Crippen LogP contribution is -2.16. The largest absolute Gasteiger partial charge is 0.309 e. The Morgan fingerprint density at radius 3 is 3.05 bits per heavy atom. The molecule has 0 bridgehead atoms. The van der Waals surface area contributed by atoms with E-state index in [-0.39, 0.29) is 0 Å². The molecule has 4 rings (SSSR count). The topological polar surface area (TPSA) is 42.7 Å². The van der Waals surface area contributed by atoms with E-state index >= 15 is 0 Å². The lowest BCUT2D eigenvalue weighted by molar-refractivity contribution is 0.615. The first-order valence-corrected chi connectivity index (χ1v) is 7.02. The first kappa shape index (κ1) is 11.6. The summed E-state index contributed by atoms with van der Waals surface area (Å²) in [5.74, 6) is 0. The number of pyridine rings is 1. The van der Waals surface area contributed by atoms with Crippen LogP contribution in [0.2, 0.25) is 0 Å². The van der Waals surface area contributed by atoms with Gasteiger partial charge in [-0.3, -0.25) is 4.98 Å².